The van der Waals surface area contributed by atoms with Gasteiger partial charge in [-0.1, -0.05) is 78.9 Å². The second-order valence-electron chi connectivity index (χ2n) is 8.12. The smallest absolute Gasteiger partial charge is 0.272 e. The highest BCUT2D eigenvalue weighted by Crippen LogP contribution is 2.27. The highest BCUT2D eigenvalue weighted by Gasteiger charge is 2.32. The molecular weight excluding hydrogens is 428 g/mol. The molecule has 3 aromatic carbocycles. The summed E-state index contributed by atoms with van der Waals surface area (Å²) >= 11 is 0. The van der Waals surface area contributed by atoms with E-state index in [1.54, 1.807) is 14.0 Å². The summed E-state index contributed by atoms with van der Waals surface area (Å²) in [5, 5.41) is 5.41. The molecule has 3 aromatic rings. The average molecular weight is 455 g/mol. The summed E-state index contributed by atoms with van der Waals surface area (Å²) in [5.41, 5.74) is 3.80. The Morgan fingerprint density at radius 3 is 2.26 bits per heavy atom. The number of aliphatic imine (C=N–C) groups is 1. The van der Waals surface area contributed by atoms with Gasteiger partial charge in [-0.3, -0.25) is 14.4 Å². The van der Waals surface area contributed by atoms with Crippen molar-refractivity contribution >= 4 is 29.1 Å². The van der Waals surface area contributed by atoms with Crippen molar-refractivity contribution in [1.29, 1.82) is 0 Å². The zero-order chi connectivity index (χ0) is 24.1. The lowest BCUT2D eigenvalue weighted by Crippen LogP contribution is -2.52. The Bertz CT molecular complexity index is 1220. The Hall–Kier alpha value is -4.26. The molecule has 1 heterocycles. The summed E-state index contributed by atoms with van der Waals surface area (Å²) < 4.78 is 0. The molecule has 2 atom stereocenters. The van der Waals surface area contributed by atoms with Gasteiger partial charge in [0.15, 0.2) is 0 Å². The number of nitrogens with one attached hydrogen (secondary N) is 2. The minimum atomic E-state index is -1.13. The number of fused-ring (bicyclic) bond motifs is 1. The SMILES string of the molecule is C[C@H](NC(=O)Cc1ccccc1)C(=O)N[C@H]1N=C(c2ccccc2)c2ccccc2N(C)C1=O. The Labute approximate surface area is 198 Å². The largest absolute Gasteiger partial charge is 0.344 e. The molecular formula is C27H26N4O3. The van der Waals surface area contributed by atoms with Gasteiger partial charge in [-0.25, -0.2) is 4.99 Å². The second kappa shape index (κ2) is 10.1. The number of hydrogen-bond acceptors (Lipinski definition) is 4. The lowest BCUT2D eigenvalue weighted by Gasteiger charge is -2.22. The molecule has 0 unspecified atom stereocenters. The van der Waals surface area contributed by atoms with Gasteiger partial charge in [0.1, 0.15) is 6.04 Å². The van der Waals surface area contributed by atoms with Gasteiger partial charge in [-0.15, -0.1) is 0 Å². The second-order valence-corrected chi connectivity index (χ2v) is 8.12. The maximum atomic E-state index is 13.2. The van der Waals surface area contributed by atoms with Crippen molar-refractivity contribution in [2.75, 3.05) is 11.9 Å². The molecule has 1 aliphatic heterocycles. The molecule has 1 aliphatic rings. The van der Waals surface area contributed by atoms with E-state index < -0.39 is 18.1 Å². The fraction of sp³-hybridized carbons (Fsp3) is 0.185. The van der Waals surface area contributed by atoms with E-state index in [9.17, 15) is 14.4 Å². The lowest BCUT2D eigenvalue weighted by atomic mass is 10.0. The van der Waals surface area contributed by atoms with Crippen LogP contribution in [0.1, 0.15) is 23.6 Å². The monoisotopic (exact) mass is 454 g/mol. The fourth-order valence-corrected chi connectivity index (χ4v) is 3.84. The minimum Gasteiger partial charge on any atom is -0.344 e. The van der Waals surface area contributed by atoms with E-state index in [-0.39, 0.29) is 18.2 Å². The average Bonchev–Trinajstić information content (AvgIpc) is 2.96. The normalized spacial score (nSPS) is 16.1. The van der Waals surface area contributed by atoms with Crippen LogP contribution in [0.4, 0.5) is 5.69 Å². The number of carbonyl (C=O) groups excluding carboxylic acids is 3. The Kier molecular flexibility index (Phi) is 6.82. The first-order valence-electron chi connectivity index (χ1n) is 11.1. The zero-order valence-electron chi connectivity index (χ0n) is 19.1. The highest BCUT2D eigenvalue weighted by atomic mass is 16.2. The van der Waals surface area contributed by atoms with Crippen LogP contribution in [0.25, 0.3) is 0 Å². The van der Waals surface area contributed by atoms with E-state index in [4.69, 9.17) is 0 Å². The number of amides is 3. The molecule has 0 aromatic heterocycles. The molecule has 34 heavy (non-hydrogen) atoms. The first kappa shape index (κ1) is 22.9. The van der Waals surface area contributed by atoms with Crippen LogP contribution in [0, 0.1) is 0 Å². The molecule has 0 radical (unpaired) electrons. The third-order valence-corrected chi connectivity index (χ3v) is 5.65. The molecule has 4 rings (SSSR count). The Morgan fingerprint density at radius 2 is 1.56 bits per heavy atom. The van der Waals surface area contributed by atoms with Gasteiger partial charge in [0.05, 0.1) is 17.8 Å². The molecule has 0 saturated heterocycles. The molecule has 172 valence electrons. The predicted molar refractivity (Wildman–Crippen MR) is 132 cm³/mol. The van der Waals surface area contributed by atoms with Crippen molar-refractivity contribution in [3.63, 3.8) is 0 Å². The quantitative estimate of drug-likeness (QED) is 0.600. The molecule has 0 bridgehead atoms. The number of likely N-dealkylation sites (N-methyl/N-ethyl adjacent to an activating group) is 1. The number of para-hydroxylation sites is 1. The van der Waals surface area contributed by atoms with Crippen LogP contribution >= 0.6 is 0 Å². The maximum Gasteiger partial charge on any atom is 0.272 e. The van der Waals surface area contributed by atoms with E-state index in [0.29, 0.717) is 11.4 Å². The molecule has 0 spiro atoms. The van der Waals surface area contributed by atoms with Gasteiger partial charge >= 0.3 is 0 Å². The number of anilines is 1. The molecule has 3 amide bonds. The number of rotatable bonds is 6. The van der Waals surface area contributed by atoms with E-state index in [1.165, 1.54) is 4.90 Å². The summed E-state index contributed by atoms with van der Waals surface area (Å²) in [4.78, 5) is 44.7. The van der Waals surface area contributed by atoms with Gasteiger partial charge in [0.2, 0.25) is 18.0 Å². The van der Waals surface area contributed by atoms with Crippen LogP contribution < -0.4 is 15.5 Å². The molecule has 0 saturated carbocycles. The van der Waals surface area contributed by atoms with E-state index >= 15 is 0 Å². The van der Waals surface area contributed by atoms with Crippen LogP contribution in [0.3, 0.4) is 0 Å². The fourth-order valence-electron chi connectivity index (χ4n) is 3.84. The van der Waals surface area contributed by atoms with E-state index in [2.05, 4.69) is 15.6 Å². The third kappa shape index (κ3) is 5.04. The Balaban J connectivity index is 1.55. The third-order valence-electron chi connectivity index (χ3n) is 5.65. The maximum absolute atomic E-state index is 13.2. The van der Waals surface area contributed by atoms with Gasteiger partial charge in [-0.05, 0) is 18.6 Å². The first-order chi connectivity index (χ1) is 16.4. The van der Waals surface area contributed by atoms with Crippen molar-refractivity contribution in [2.24, 2.45) is 4.99 Å². The number of hydrogen-bond donors (Lipinski definition) is 2. The highest BCUT2D eigenvalue weighted by molar-refractivity contribution is 6.20. The summed E-state index contributed by atoms with van der Waals surface area (Å²) in [5.74, 6) is -1.14. The van der Waals surface area contributed by atoms with Crippen molar-refractivity contribution in [3.8, 4) is 0 Å². The summed E-state index contributed by atoms with van der Waals surface area (Å²) in [6.45, 7) is 1.58. The number of benzene rings is 3. The predicted octanol–water partition coefficient (Wildman–Crippen LogP) is 2.69. The van der Waals surface area contributed by atoms with Crippen LogP contribution in [-0.2, 0) is 20.8 Å². The van der Waals surface area contributed by atoms with E-state index in [1.807, 2.05) is 84.9 Å². The number of benzodiazepines with no additional fused rings is 1. The van der Waals surface area contributed by atoms with Crippen molar-refractivity contribution < 1.29 is 14.4 Å². The standard InChI is InChI=1S/C27H26N4O3/c1-18(28-23(32)17-19-11-5-3-6-12-19)26(33)30-25-27(34)31(2)22-16-10-9-15-21(22)24(29-25)20-13-7-4-8-14-20/h3-16,18,25H,17H2,1-2H3,(H,28,32)(H,30,33)/t18-,25+/m0/s1. The van der Waals surface area contributed by atoms with Crippen molar-refractivity contribution in [3.05, 3.63) is 102 Å². The Morgan fingerprint density at radius 1 is 0.941 bits per heavy atom. The molecule has 7 heteroatoms. The van der Waals surface area contributed by atoms with Crippen molar-refractivity contribution in [1.82, 2.24) is 10.6 Å². The zero-order valence-corrected chi connectivity index (χ0v) is 19.1. The van der Waals surface area contributed by atoms with Crippen LogP contribution in [-0.4, -0.2) is 42.7 Å². The van der Waals surface area contributed by atoms with Gasteiger partial charge in [0.25, 0.3) is 5.91 Å². The molecule has 7 nitrogen and oxygen atoms in total. The van der Waals surface area contributed by atoms with Crippen molar-refractivity contribution in [2.45, 2.75) is 25.6 Å². The number of nitrogens with zero attached hydrogens (tertiary/aromatic N) is 2. The van der Waals surface area contributed by atoms with Crippen LogP contribution in [0.15, 0.2) is 89.9 Å². The topological polar surface area (TPSA) is 90.9 Å². The summed E-state index contributed by atoms with van der Waals surface area (Å²) in [6.07, 6.45) is -0.969. The molecule has 2 N–H and O–H groups in total. The molecule has 0 aliphatic carbocycles. The van der Waals surface area contributed by atoms with E-state index in [0.717, 1.165) is 16.7 Å². The minimum absolute atomic E-state index is 0.162. The van der Waals surface area contributed by atoms with Crippen LogP contribution in [0.2, 0.25) is 0 Å². The summed E-state index contributed by atoms with van der Waals surface area (Å²) in [6, 6.07) is 25.5. The summed E-state index contributed by atoms with van der Waals surface area (Å²) in [7, 11) is 1.66. The molecule has 0 fully saturated rings. The van der Waals surface area contributed by atoms with Crippen LogP contribution in [0.5, 0.6) is 0 Å². The van der Waals surface area contributed by atoms with Gasteiger partial charge in [-0.2, -0.15) is 0 Å². The van der Waals surface area contributed by atoms with Gasteiger partial charge < -0.3 is 15.5 Å². The number of carbonyl (C=O) groups is 3. The first-order valence-corrected chi connectivity index (χ1v) is 11.1. The van der Waals surface area contributed by atoms with Gasteiger partial charge in [0, 0.05) is 18.2 Å². The lowest BCUT2D eigenvalue weighted by molar-refractivity contribution is -0.130.